The van der Waals surface area contributed by atoms with Crippen molar-refractivity contribution in [3.05, 3.63) is 52.1 Å². The molecule has 4 heterocycles. The van der Waals surface area contributed by atoms with Crippen molar-refractivity contribution in [3.63, 3.8) is 0 Å². The molecule has 128 valence electrons. The van der Waals surface area contributed by atoms with Gasteiger partial charge in [-0.3, -0.25) is 14.5 Å². The zero-order valence-electron chi connectivity index (χ0n) is 14.0. The quantitative estimate of drug-likeness (QED) is 0.793. The Morgan fingerprint density at radius 2 is 2.16 bits per heavy atom. The highest BCUT2D eigenvalue weighted by atomic mass is 16.5. The van der Waals surface area contributed by atoms with Gasteiger partial charge in [-0.1, -0.05) is 0 Å². The van der Waals surface area contributed by atoms with Gasteiger partial charge in [0.25, 0.3) is 5.56 Å². The van der Waals surface area contributed by atoms with Gasteiger partial charge in [0.2, 0.25) is 0 Å². The van der Waals surface area contributed by atoms with Crippen LogP contribution in [-0.4, -0.2) is 37.9 Å². The van der Waals surface area contributed by atoms with Gasteiger partial charge in [-0.2, -0.15) is 5.10 Å². The van der Waals surface area contributed by atoms with Crippen molar-refractivity contribution in [2.45, 2.75) is 25.8 Å². The summed E-state index contributed by atoms with van der Waals surface area (Å²) in [5.74, 6) is 0.503. The van der Waals surface area contributed by atoms with Crippen LogP contribution in [0.2, 0.25) is 0 Å². The van der Waals surface area contributed by atoms with E-state index in [1.807, 2.05) is 23.9 Å². The van der Waals surface area contributed by atoms with E-state index in [9.17, 15) is 4.79 Å². The third-order valence-corrected chi connectivity index (χ3v) is 4.47. The van der Waals surface area contributed by atoms with Crippen LogP contribution in [0.15, 0.2) is 29.5 Å². The molecule has 1 saturated heterocycles. The molecule has 0 saturated carbocycles. The molecule has 0 atom stereocenters. The maximum absolute atomic E-state index is 12.1. The molecule has 1 N–H and O–H groups in total. The number of aromatic nitrogens is 5. The minimum absolute atomic E-state index is 0.165. The van der Waals surface area contributed by atoms with Crippen LogP contribution in [0, 0.1) is 6.92 Å². The molecular formula is C18H19N5O2. The number of hydrogen-bond acceptors (Lipinski definition) is 5. The van der Waals surface area contributed by atoms with Gasteiger partial charge in [-0.25, -0.2) is 4.98 Å². The SMILES string of the molecule is Cc1nn(C2CCOCC2)cc1/C=C/c1nc2cnccc2c(=O)[nH]1. The van der Waals surface area contributed by atoms with E-state index in [0.29, 0.717) is 22.8 Å². The largest absolute Gasteiger partial charge is 0.381 e. The second kappa shape index (κ2) is 6.60. The molecule has 4 rings (SSSR count). The molecule has 0 amide bonds. The first-order chi connectivity index (χ1) is 12.2. The van der Waals surface area contributed by atoms with Crippen molar-refractivity contribution in [2.24, 2.45) is 0 Å². The van der Waals surface area contributed by atoms with Gasteiger partial charge >= 0.3 is 0 Å². The van der Waals surface area contributed by atoms with Crippen LogP contribution >= 0.6 is 0 Å². The zero-order valence-corrected chi connectivity index (χ0v) is 14.0. The molecule has 0 aliphatic carbocycles. The highest BCUT2D eigenvalue weighted by Crippen LogP contribution is 2.22. The third-order valence-electron chi connectivity index (χ3n) is 4.47. The summed E-state index contributed by atoms with van der Waals surface area (Å²) < 4.78 is 7.43. The predicted molar refractivity (Wildman–Crippen MR) is 95.1 cm³/mol. The Bertz CT molecular complexity index is 983. The standard InChI is InChI=1S/C18H19N5O2/c1-12-13(11-23(22-12)14-5-8-25-9-6-14)2-3-17-20-16-10-19-7-4-15(16)18(24)21-17/h2-4,7,10-11,14H,5-6,8-9H2,1H3,(H,20,21,24)/b3-2+. The molecule has 1 fully saturated rings. The van der Waals surface area contributed by atoms with Gasteiger partial charge in [0.1, 0.15) is 5.82 Å². The van der Waals surface area contributed by atoms with Crippen molar-refractivity contribution in [3.8, 4) is 0 Å². The number of nitrogens with one attached hydrogen (secondary N) is 1. The van der Waals surface area contributed by atoms with E-state index < -0.39 is 0 Å². The summed E-state index contributed by atoms with van der Waals surface area (Å²) in [6.07, 6.45) is 10.9. The Morgan fingerprint density at radius 3 is 3.00 bits per heavy atom. The fraction of sp³-hybridized carbons (Fsp3) is 0.333. The molecule has 7 nitrogen and oxygen atoms in total. The molecule has 3 aromatic heterocycles. The van der Waals surface area contributed by atoms with Crippen LogP contribution < -0.4 is 5.56 Å². The number of hydrogen-bond donors (Lipinski definition) is 1. The van der Waals surface area contributed by atoms with Crippen molar-refractivity contribution in [1.29, 1.82) is 0 Å². The minimum atomic E-state index is -0.165. The summed E-state index contributed by atoms with van der Waals surface area (Å²) in [5.41, 5.74) is 2.38. The average molecular weight is 337 g/mol. The Morgan fingerprint density at radius 1 is 1.32 bits per heavy atom. The summed E-state index contributed by atoms with van der Waals surface area (Å²) >= 11 is 0. The number of nitrogens with zero attached hydrogens (tertiary/aromatic N) is 4. The number of rotatable bonds is 3. The van der Waals surface area contributed by atoms with Crippen molar-refractivity contribution >= 4 is 23.1 Å². The van der Waals surface area contributed by atoms with Crippen molar-refractivity contribution in [1.82, 2.24) is 24.7 Å². The maximum atomic E-state index is 12.1. The normalized spacial score (nSPS) is 16.0. The summed E-state index contributed by atoms with van der Waals surface area (Å²) in [6.45, 7) is 3.55. The summed E-state index contributed by atoms with van der Waals surface area (Å²) in [5, 5.41) is 5.16. The van der Waals surface area contributed by atoms with Gasteiger partial charge in [0.05, 0.1) is 28.8 Å². The Kier molecular flexibility index (Phi) is 4.15. The van der Waals surface area contributed by atoms with E-state index in [1.54, 1.807) is 24.5 Å². The lowest BCUT2D eigenvalue weighted by molar-refractivity contribution is 0.0661. The summed E-state index contributed by atoms with van der Waals surface area (Å²) in [7, 11) is 0. The number of aromatic amines is 1. The number of fused-ring (bicyclic) bond motifs is 1. The van der Waals surface area contributed by atoms with Gasteiger partial charge in [0.15, 0.2) is 0 Å². The van der Waals surface area contributed by atoms with Crippen LogP contribution in [0.1, 0.15) is 36.0 Å². The van der Waals surface area contributed by atoms with Crippen LogP contribution in [0.3, 0.4) is 0 Å². The smallest absolute Gasteiger partial charge is 0.259 e. The molecule has 3 aromatic rings. The molecule has 0 radical (unpaired) electrons. The second-order valence-electron chi connectivity index (χ2n) is 6.17. The fourth-order valence-corrected chi connectivity index (χ4v) is 3.05. The molecule has 0 spiro atoms. The molecule has 0 unspecified atom stereocenters. The monoisotopic (exact) mass is 337 g/mol. The molecule has 0 aromatic carbocycles. The predicted octanol–water partition coefficient (Wildman–Crippen LogP) is 2.34. The summed E-state index contributed by atoms with van der Waals surface area (Å²) in [6, 6.07) is 2.05. The first kappa shape index (κ1) is 15.7. The zero-order chi connectivity index (χ0) is 17.2. The minimum Gasteiger partial charge on any atom is -0.381 e. The lowest BCUT2D eigenvalue weighted by atomic mass is 10.1. The average Bonchev–Trinajstić information content (AvgIpc) is 3.02. The lowest BCUT2D eigenvalue weighted by Gasteiger charge is -2.22. The Labute approximate surface area is 144 Å². The second-order valence-corrected chi connectivity index (χ2v) is 6.17. The van der Waals surface area contributed by atoms with Crippen LogP contribution in [0.5, 0.6) is 0 Å². The van der Waals surface area contributed by atoms with E-state index >= 15 is 0 Å². The number of aryl methyl sites for hydroxylation is 1. The fourth-order valence-electron chi connectivity index (χ4n) is 3.05. The maximum Gasteiger partial charge on any atom is 0.259 e. The molecule has 0 bridgehead atoms. The van der Waals surface area contributed by atoms with Crippen LogP contribution in [0.4, 0.5) is 0 Å². The highest BCUT2D eigenvalue weighted by Gasteiger charge is 2.17. The van der Waals surface area contributed by atoms with E-state index in [2.05, 4.69) is 20.1 Å². The van der Waals surface area contributed by atoms with Crippen molar-refractivity contribution < 1.29 is 4.74 Å². The molecule has 1 aliphatic rings. The number of pyridine rings is 1. The van der Waals surface area contributed by atoms with E-state index in [-0.39, 0.29) is 5.56 Å². The topological polar surface area (TPSA) is 85.7 Å². The third kappa shape index (κ3) is 3.23. The Hall–Kier alpha value is -2.80. The highest BCUT2D eigenvalue weighted by molar-refractivity contribution is 5.78. The van der Waals surface area contributed by atoms with E-state index in [0.717, 1.165) is 37.3 Å². The first-order valence-electron chi connectivity index (χ1n) is 8.36. The van der Waals surface area contributed by atoms with E-state index in [1.165, 1.54) is 0 Å². The van der Waals surface area contributed by atoms with E-state index in [4.69, 9.17) is 4.74 Å². The number of ether oxygens (including phenoxy) is 1. The van der Waals surface area contributed by atoms with Crippen LogP contribution in [0.25, 0.3) is 23.1 Å². The molecule has 7 heteroatoms. The first-order valence-corrected chi connectivity index (χ1v) is 8.36. The van der Waals surface area contributed by atoms with Crippen LogP contribution in [-0.2, 0) is 4.74 Å². The van der Waals surface area contributed by atoms with Gasteiger partial charge < -0.3 is 9.72 Å². The lowest BCUT2D eigenvalue weighted by Crippen LogP contribution is -2.19. The Balaban J connectivity index is 1.61. The molecular weight excluding hydrogens is 318 g/mol. The van der Waals surface area contributed by atoms with Gasteiger partial charge in [-0.05, 0) is 38.0 Å². The van der Waals surface area contributed by atoms with Gasteiger partial charge in [-0.15, -0.1) is 0 Å². The summed E-state index contributed by atoms with van der Waals surface area (Å²) in [4.78, 5) is 23.3. The van der Waals surface area contributed by atoms with Gasteiger partial charge in [0, 0.05) is 31.2 Å². The molecule has 1 aliphatic heterocycles. The van der Waals surface area contributed by atoms with Crippen molar-refractivity contribution in [2.75, 3.05) is 13.2 Å². The number of H-pyrrole nitrogens is 1. The molecule has 25 heavy (non-hydrogen) atoms.